The van der Waals surface area contributed by atoms with E-state index in [0.29, 0.717) is 6.61 Å². The molecule has 0 bridgehead atoms. The Balaban J connectivity index is 2.31. The van der Waals surface area contributed by atoms with Crippen LogP contribution in [-0.2, 0) is 19.1 Å². The van der Waals surface area contributed by atoms with Gasteiger partial charge in [0.05, 0.1) is 25.7 Å². The number of carbonyl (C=O) groups is 2. The minimum Gasteiger partial charge on any atom is -0.480 e. The number of carbonyl (C=O) groups excluding carboxylic acids is 1. The fourth-order valence-corrected chi connectivity index (χ4v) is 1.71. The quantitative estimate of drug-likeness (QED) is 0.483. The van der Waals surface area contributed by atoms with Crippen LogP contribution in [0.1, 0.15) is 19.3 Å². The van der Waals surface area contributed by atoms with Crippen molar-refractivity contribution in [1.82, 2.24) is 5.32 Å². The van der Waals surface area contributed by atoms with Crippen molar-refractivity contribution in [2.75, 3.05) is 19.8 Å². The zero-order chi connectivity index (χ0) is 13.4. The summed E-state index contributed by atoms with van der Waals surface area (Å²) in [7, 11) is 0. The zero-order valence-corrected chi connectivity index (χ0v) is 10.3. The molecule has 1 aliphatic heterocycles. The summed E-state index contributed by atoms with van der Waals surface area (Å²) in [6.07, 6.45) is 3.42. The van der Waals surface area contributed by atoms with Gasteiger partial charge in [-0.2, -0.15) is 0 Å². The number of hydrogen-bond donors (Lipinski definition) is 2. The molecule has 1 amide bonds. The number of amides is 1. The third-order valence-electron chi connectivity index (χ3n) is 2.59. The highest BCUT2D eigenvalue weighted by Crippen LogP contribution is 2.14. The third kappa shape index (κ3) is 5.29. The van der Waals surface area contributed by atoms with Crippen LogP contribution in [0.5, 0.6) is 0 Å². The van der Waals surface area contributed by atoms with E-state index in [1.165, 1.54) is 6.08 Å². The molecule has 18 heavy (non-hydrogen) atoms. The van der Waals surface area contributed by atoms with Crippen molar-refractivity contribution in [1.29, 1.82) is 0 Å². The molecule has 102 valence electrons. The second-order valence-corrected chi connectivity index (χ2v) is 4.12. The molecule has 2 atom stereocenters. The summed E-state index contributed by atoms with van der Waals surface area (Å²) in [5.74, 6) is -1.43. The lowest BCUT2D eigenvalue weighted by Gasteiger charge is -2.15. The average Bonchev–Trinajstić information content (AvgIpc) is 2.80. The van der Waals surface area contributed by atoms with Gasteiger partial charge in [0.25, 0.3) is 0 Å². The molecule has 0 spiro atoms. The van der Waals surface area contributed by atoms with E-state index in [0.717, 1.165) is 12.8 Å². The minimum absolute atomic E-state index is 0.0708. The summed E-state index contributed by atoms with van der Waals surface area (Å²) in [6.45, 7) is 4.31. The van der Waals surface area contributed by atoms with Crippen molar-refractivity contribution in [2.24, 2.45) is 0 Å². The maximum atomic E-state index is 11.6. The summed E-state index contributed by atoms with van der Waals surface area (Å²) in [4.78, 5) is 22.5. The maximum absolute atomic E-state index is 11.6. The lowest BCUT2D eigenvalue weighted by Crippen LogP contribution is -2.44. The molecule has 0 radical (unpaired) electrons. The fraction of sp³-hybridized carbons (Fsp3) is 0.667. The van der Waals surface area contributed by atoms with E-state index in [1.54, 1.807) is 0 Å². The molecule has 0 aromatic heterocycles. The van der Waals surface area contributed by atoms with E-state index in [2.05, 4.69) is 11.9 Å². The predicted octanol–water partition coefficient (Wildman–Crippen LogP) is 0.327. The maximum Gasteiger partial charge on any atom is 0.328 e. The molecular formula is C12H19NO5. The van der Waals surface area contributed by atoms with E-state index in [4.69, 9.17) is 14.6 Å². The molecule has 1 aliphatic rings. The van der Waals surface area contributed by atoms with Gasteiger partial charge in [-0.1, -0.05) is 6.08 Å². The van der Waals surface area contributed by atoms with E-state index in [9.17, 15) is 9.59 Å². The SMILES string of the molecule is C=CCOCC(NC(=O)CC1CCCO1)C(=O)O. The Labute approximate surface area is 106 Å². The van der Waals surface area contributed by atoms with Gasteiger partial charge in [0.15, 0.2) is 6.04 Å². The van der Waals surface area contributed by atoms with Crippen LogP contribution in [0, 0.1) is 0 Å². The van der Waals surface area contributed by atoms with Crippen LogP contribution in [0.15, 0.2) is 12.7 Å². The van der Waals surface area contributed by atoms with Gasteiger partial charge in [0, 0.05) is 6.61 Å². The first-order valence-corrected chi connectivity index (χ1v) is 5.96. The number of ether oxygens (including phenoxy) is 2. The molecule has 2 N–H and O–H groups in total. The molecule has 6 heteroatoms. The molecule has 6 nitrogen and oxygen atoms in total. The number of carboxylic acids is 1. The molecule has 0 aromatic rings. The average molecular weight is 257 g/mol. The minimum atomic E-state index is -1.11. The van der Waals surface area contributed by atoms with Crippen molar-refractivity contribution in [2.45, 2.75) is 31.4 Å². The van der Waals surface area contributed by atoms with E-state index in [1.807, 2.05) is 0 Å². The van der Waals surface area contributed by atoms with Gasteiger partial charge < -0.3 is 19.9 Å². The Kier molecular flexibility index (Phi) is 6.38. The summed E-state index contributed by atoms with van der Waals surface area (Å²) in [5, 5.41) is 11.4. The van der Waals surface area contributed by atoms with Crippen LogP contribution in [-0.4, -0.2) is 48.9 Å². The predicted molar refractivity (Wildman–Crippen MR) is 64.2 cm³/mol. The van der Waals surface area contributed by atoms with Crippen molar-refractivity contribution in [3.05, 3.63) is 12.7 Å². The Morgan fingerprint density at radius 1 is 1.61 bits per heavy atom. The largest absolute Gasteiger partial charge is 0.480 e. The first-order chi connectivity index (χ1) is 8.63. The molecule has 1 saturated heterocycles. The van der Waals surface area contributed by atoms with Gasteiger partial charge in [0.2, 0.25) is 5.91 Å². The molecule has 2 unspecified atom stereocenters. The molecular weight excluding hydrogens is 238 g/mol. The highest BCUT2D eigenvalue weighted by atomic mass is 16.5. The topological polar surface area (TPSA) is 84.9 Å². The van der Waals surface area contributed by atoms with E-state index < -0.39 is 12.0 Å². The molecule has 0 saturated carbocycles. The van der Waals surface area contributed by atoms with E-state index in [-0.39, 0.29) is 31.6 Å². The second-order valence-electron chi connectivity index (χ2n) is 4.12. The number of carboxylic acid groups (broad SMARTS) is 1. The van der Waals surface area contributed by atoms with Gasteiger partial charge in [-0.3, -0.25) is 4.79 Å². The molecule has 0 aromatic carbocycles. The third-order valence-corrected chi connectivity index (χ3v) is 2.59. The highest BCUT2D eigenvalue weighted by molar-refractivity contribution is 5.83. The molecule has 0 aliphatic carbocycles. The number of hydrogen-bond acceptors (Lipinski definition) is 4. The Morgan fingerprint density at radius 2 is 2.39 bits per heavy atom. The Bertz CT molecular complexity index is 299. The molecule has 1 rings (SSSR count). The van der Waals surface area contributed by atoms with E-state index >= 15 is 0 Å². The summed E-state index contributed by atoms with van der Waals surface area (Å²) < 4.78 is 10.3. The lowest BCUT2D eigenvalue weighted by molar-refractivity contribution is -0.143. The summed E-state index contributed by atoms with van der Waals surface area (Å²) >= 11 is 0. The Morgan fingerprint density at radius 3 is 2.94 bits per heavy atom. The number of rotatable bonds is 8. The number of nitrogens with one attached hydrogen (secondary N) is 1. The van der Waals surface area contributed by atoms with Crippen molar-refractivity contribution in [3.63, 3.8) is 0 Å². The van der Waals surface area contributed by atoms with Crippen molar-refractivity contribution < 1.29 is 24.2 Å². The van der Waals surface area contributed by atoms with Gasteiger partial charge >= 0.3 is 5.97 Å². The summed E-state index contributed by atoms with van der Waals surface area (Å²) in [6, 6.07) is -1.03. The number of aliphatic carboxylic acids is 1. The normalized spacial score (nSPS) is 20.3. The lowest BCUT2D eigenvalue weighted by atomic mass is 10.1. The fourth-order valence-electron chi connectivity index (χ4n) is 1.71. The van der Waals surface area contributed by atoms with Crippen LogP contribution in [0.3, 0.4) is 0 Å². The Hall–Kier alpha value is -1.40. The van der Waals surface area contributed by atoms with Crippen LogP contribution in [0.2, 0.25) is 0 Å². The first kappa shape index (κ1) is 14.7. The van der Waals surface area contributed by atoms with Gasteiger partial charge in [-0.05, 0) is 12.8 Å². The monoisotopic (exact) mass is 257 g/mol. The standard InChI is InChI=1S/C12H19NO5/c1-2-5-17-8-10(12(15)16)13-11(14)7-9-4-3-6-18-9/h2,9-10H,1,3-8H2,(H,13,14)(H,15,16). The van der Waals surface area contributed by atoms with Crippen LogP contribution in [0.25, 0.3) is 0 Å². The summed E-state index contributed by atoms with van der Waals surface area (Å²) in [5.41, 5.74) is 0. The highest BCUT2D eigenvalue weighted by Gasteiger charge is 2.24. The van der Waals surface area contributed by atoms with Crippen LogP contribution >= 0.6 is 0 Å². The second kappa shape index (κ2) is 7.84. The van der Waals surface area contributed by atoms with Gasteiger partial charge in [-0.25, -0.2) is 4.79 Å². The van der Waals surface area contributed by atoms with Crippen molar-refractivity contribution in [3.8, 4) is 0 Å². The first-order valence-electron chi connectivity index (χ1n) is 5.96. The smallest absolute Gasteiger partial charge is 0.328 e. The van der Waals surface area contributed by atoms with Crippen LogP contribution in [0.4, 0.5) is 0 Å². The molecule has 1 heterocycles. The van der Waals surface area contributed by atoms with Crippen molar-refractivity contribution >= 4 is 11.9 Å². The molecule has 1 fully saturated rings. The van der Waals surface area contributed by atoms with Gasteiger partial charge in [-0.15, -0.1) is 6.58 Å². The zero-order valence-electron chi connectivity index (χ0n) is 10.3. The van der Waals surface area contributed by atoms with Crippen LogP contribution < -0.4 is 5.32 Å². The van der Waals surface area contributed by atoms with Gasteiger partial charge in [0.1, 0.15) is 0 Å².